The molecule has 0 aliphatic carbocycles. The molecule has 3 rings (SSSR count). The van der Waals surface area contributed by atoms with Crippen LogP contribution in [0.25, 0.3) is 0 Å². The number of carbonyl (C=O) groups is 2. The highest BCUT2D eigenvalue weighted by molar-refractivity contribution is 6.05. The van der Waals surface area contributed by atoms with Gasteiger partial charge in [-0.15, -0.1) is 6.58 Å². The lowest BCUT2D eigenvalue weighted by atomic mass is 10.1. The minimum absolute atomic E-state index is 0.0982. The van der Waals surface area contributed by atoms with Crippen molar-refractivity contribution in [1.29, 1.82) is 0 Å². The molecule has 3 aromatic rings. The number of nitrogens with one attached hydrogen (secondary N) is 2. The maximum absolute atomic E-state index is 12.4. The molecule has 0 bridgehead atoms. The zero-order valence-electron chi connectivity index (χ0n) is 16.2. The van der Waals surface area contributed by atoms with Crippen LogP contribution >= 0.6 is 0 Å². The van der Waals surface area contributed by atoms with E-state index in [0.29, 0.717) is 28.8 Å². The maximum atomic E-state index is 12.4. The summed E-state index contributed by atoms with van der Waals surface area (Å²) in [6, 6.07) is 20.6. The van der Waals surface area contributed by atoms with Crippen LogP contribution in [-0.2, 0) is 6.42 Å². The SMILES string of the molecule is C=CCc1cccc(/C=N\NC(=O)c2cccc(NC(=O)c3ccccc3)c2)c1O. The van der Waals surface area contributed by atoms with E-state index < -0.39 is 5.91 Å². The van der Waals surface area contributed by atoms with Gasteiger partial charge in [0, 0.05) is 22.4 Å². The van der Waals surface area contributed by atoms with Gasteiger partial charge in [0.05, 0.1) is 6.21 Å². The van der Waals surface area contributed by atoms with E-state index in [1.54, 1.807) is 72.8 Å². The normalized spacial score (nSPS) is 10.5. The van der Waals surface area contributed by atoms with Gasteiger partial charge in [-0.05, 0) is 48.4 Å². The van der Waals surface area contributed by atoms with Crippen LogP contribution < -0.4 is 10.7 Å². The van der Waals surface area contributed by atoms with Gasteiger partial charge in [0.25, 0.3) is 11.8 Å². The topological polar surface area (TPSA) is 90.8 Å². The number of amides is 2. The number of para-hydroxylation sites is 1. The van der Waals surface area contributed by atoms with E-state index in [2.05, 4.69) is 22.4 Å². The summed E-state index contributed by atoms with van der Waals surface area (Å²) in [6.07, 6.45) is 3.60. The number of phenolic OH excluding ortho intramolecular Hbond substituents is 1. The van der Waals surface area contributed by atoms with E-state index in [1.165, 1.54) is 6.21 Å². The Bertz CT molecular complexity index is 1090. The molecule has 0 aliphatic rings. The third-order valence-corrected chi connectivity index (χ3v) is 4.30. The second-order valence-electron chi connectivity index (χ2n) is 6.45. The van der Waals surface area contributed by atoms with Gasteiger partial charge in [-0.1, -0.05) is 42.5 Å². The Morgan fingerprint density at radius 1 is 0.933 bits per heavy atom. The molecule has 150 valence electrons. The molecular formula is C24H21N3O3. The average molecular weight is 399 g/mol. The van der Waals surface area contributed by atoms with Crippen molar-refractivity contribution in [3.05, 3.63) is 108 Å². The minimum atomic E-state index is -0.441. The highest BCUT2D eigenvalue weighted by Crippen LogP contribution is 2.21. The number of anilines is 1. The molecule has 0 saturated carbocycles. The van der Waals surface area contributed by atoms with Crippen LogP contribution in [0, 0.1) is 0 Å². The zero-order valence-corrected chi connectivity index (χ0v) is 16.2. The first-order chi connectivity index (χ1) is 14.6. The monoisotopic (exact) mass is 399 g/mol. The lowest BCUT2D eigenvalue weighted by Gasteiger charge is -2.07. The summed E-state index contributed by atoms with van der Waals surface area (Å²) < 4.78 is 0. The molecule has 30 heavy (non-hydrogen) atoms. The summed E-state index contributed by atoms with van der Waals surface area (Å²) in [7, 11) is 0. The van der Waals surface area contributed by atoms with E-state index in [0.717, 1.165) is 5.56 Å². The third kappa shape index (κ3) is 5.20. The molecule has 0 atom stereocenters. The number of rotatable bonds is 7. The zero-order chi connectivity index (χ0) is 21.3. The molecule has 2 amide bonds. The quantitative estimate of drug-likeness (QED) is 0.317. The molecule has 0 radical (unpaired) electrons. The number of nitrogens with zero attached hydrogens (tertiary/aromatic N) is 1. The minimum Gasteiger partial charge on any atom is -0.507 e. The second-order valence-corrected chi connectivity index (χ2v) is 6.45. The smallest absolute Gasteiger partial charge is 0.271 e. The number of benzene rings is 3. The van der Waals surface area contributed by atoms with Crippen molar-refractivity contribution < 1.29 is 14.7 Å². The summed E-state index contributed by atoms with van der Waals surface area (Å²) in [5.41, 5.74) is 4.99. The highest BCUT2D eigenvalue weighted by Gasteiger charge is 2.09. The van der Waals surface area contributed by atoms with Crippen molar-refractivity contribution in [3.8, 4) is 5.75 Å². The van der Waals surface area contributed by atoms with Crippen LogP contribution in [0.5, 0.6) is 5.75 Å². The van der Waals surface area contributed by atoms with Gasteiger partial charge in [0.1, 0.15) is 5.75 Å². The molecule has 0 saturated heterocycles. The largest absolute Gasteiger partial charge is 0.507 e. The molecule has 0 heterocycles. The second kappa shape index (κ2) is 9.84. The Kier molecular flexibility index (Phi) is 6.74. The van der Waals surface area contributed by atoms with E-state index in [1.807, 2.05) is 6.07 Å². The van der Waals surface area contributed by atoms with Crippen LogP contribution in [0.4, 0.5) is 5.69 Å². The average Bonchev–Trinajstić information content (AvgIpc) is 2.77. The third-order valence-electron chi connectivity index (χ3n) is 4.30. The van der Waals surface area contributed by atoms with Gasteiger partial charge >= 0.3 is 0 Å². The molecule has 0 spiro atoms. The number of aromatic hydroxyl groups is 1. The number of hydrogen-bond acceptors (Lipinski definition) is 4. The molecular weight excluding hydrogens is 378 g/mol. The first-order valence-corrected chi connectivity index (χ1v) is 9.30. The van der Waals surface area contributed by atoms with Gasteiger partial charge in [-0.2, -0.15) is 5.10 Å². The van der Waals surface area contributed by atoms with Gasteiger partial charge in [0.2, 0.25) is 0 Å². The Morgan fingerprint density at radius 2 is 1.67 bits per heavy atom. The summed E-state index contributed by atoms with van der Waals surface area (Å²) >= 11 is 0. The van der Waals surface area contributed by atoms with Crippen molar-refractivity contribution in [1.82, 2.24) is 5.43 Å². The summed E-state index contributed by atoms with van der Waals surface area (Å²) in [6.45, 7) is 3.66. The standard InChI is InChI=1S/C24H21N3O3/c1-2-8-17-11-6-13-20(22(17)28)16-25-27-24(30)19-12-7-14-21(15-19)26-23(29)18-9-4-3-5-10-18/h2-7,9-16,28H,1,8H2,(H,26,29)(H,27,30)/b25-16-. The van der Waals surface area contributed by atoms with E-state index in [4.69, 9.17) is 0 Å². The number of hydrogen-bond donors (Lipinski definition) is 3. The summed E-state index contributed by atoms with van der Waals surface area (Å²) in [4.78, 5) is 24.6. The molecule has 3 N–H and O–H groups in total. The van der Waals surface area contributed by atoms with Crippen LogP contribution in [0.15, 0.2) is 90.6 Å². The molecule has 0 unspecified atom stereocenters. The first kappa shape index (κ1) is 20.5. The van der Waals surface area contributed by atoms with Crippen LogP contribution in [0.2, 0.25) is 0 Å². The lowest BCUT2D eigenvalue weighted by Crippen LogP contribution is -2.18. The summed E-state index contributed by atoms with van der Waals surface area (Å²) in [5, 5.41) is 16.9. The van der Waals surface area contributed by atoms with Crippen molar-refractivity contribution in [3.63, 3.8) is 0 Å². The Labute approximate surface area is 174 Å². The Morgan fingerprint density at radius 3 is 2.43 bits per heavy atom. The lowest BCUT2D eigenvalue weighted by molar-refractivity contribution is 0.0953. The number of phenols is 1. The van der Waals surface area contributed by atoms with Crippen LogP contribution in [0.1, 0.15) is 31.8 Å². The predicted molar refractivity (Wildman–Crippen MR) is 118 cm³/mol. The molecule has 0 aromatic heterocycles. The maximum Gasteiger partial charge on any atom is 0.271 e. The van der Waals surface area contributed by atoms with E-state index in [-0.39, 0.29) is 11.7 Å². The molecule has 6 nitrogen and oxygen atoms in total. The van der Waals surface area contributed by atoms with Crippen molar-refractivity contribution in [2.24, 2.45) is 5.10 Å². The van der Waals surface area contributed by atoms with Crippen molar-refractivity contribution in [2.45, 2.75) is 6.42 Å². The van der Waals surface area contributed by atoms with Gasteiger partial charge in [-0.25, -0.2) is 5.43 Å². The molecule has 0 fully saturated rings. The van der Waals surface area contributed by atoms with Crippen molar-refractivity contribution >= 4 is 23.7 Å². The fourth-order valence-electron chi connectivity index (χ4n) is 2.79. The molecule has 0 aliphatic heterocycles. The predicted octanol–water partition coefficient (Wildman–Crippen LogP) is 4.14. The Balaban J connectivity index is 1.66. The first-order valence-electron chi connectivity index (χ1n) is 9.30. The Hall–Kier alpha value is -4.19. The fraction of sp³-hybridized carbons (Fsp3) is 0.0417. The molecule has 3 aromatic carbocycles. The van der Waals surface area contributed by atoms with Crippen LogP contribution in [0.3, 0.4) is 0 Å². The number of allylic oxidation sites excluding steroid dienone is 1. The highest BCUT2D eigenvalue weighted by atomic mass is 16.3. The van der Waals surface area contributed by atoms with Gasteiger partial charge < -0.3 is 10.4 Å². The van der Waals surface area contributed by atoms with Crippen LogP contribution in [-0.4, -0.2) is 23.1 Å². The van der Waals surface area contributed by atoms with Crippen molar-refractivity contribution in [2.75, 3.05) is 5.32 Å². The van der Waals surface area contributed by atoms with Gasteiger partial charge in [-0.3, -0.25) is 9.59 Å². The number of carbonyl (C=O) groups excluding carboxylic acids is 2. The number of hydrazone groups is 1. The van der Waals surface area contributed by atoms with E-state index >= 15 is 0 Å². The van der Waals surface area contributed by atoms with E-state index in [9.17, 15) is 14.7 Å². The fourth-order valence-corrected chi connectivity index (χ4v) is 2.79. The summed E-state index contributed by atoms with van der Waals surface area (Å²) in [5.74, 6) is -0.606. The van der Waals surface area contributed by atoms with Gasteiger partial charge in [0.15, 0.2) is 0 Å². The molecule has 6 heteroatoms.